The molecule has 20 heavy (non-hydrogen) atoms. The molecule has 0 saturated carbocycles. The number of esters is 1. The third-order valence-corrected chi connectivity index (χ3v) is 2.48. The molecule has 0 aromatic rings. The van der Waals surface area contributed by atoms with Crippen molar-refractivity contribution >= 4 is 5.97 Å². The van der Waals surface area contributed by atoms with Crippen LogP contribution in [0.1, 0.15) is 67.7 Å². The first-order valence-corrected chi connectivity index (χ1v) is 7.57. The van der Waals surface area contributed by atoms with Crippen molar-refractivity contribution in [3.8, 4) is 0 Å². The molecule has 0 bridgehead atoms. The molecule has 1 N–H and O–H groups in total. The Morgan fingerprint density at radius 3 is 2.10 bits per heavy atom. The van der Waals surface area contributed by atoms with Crippen LogP contribution in [0.2, 0.25) is 0 Å². The normalized spacial score (nSPS) is 14.0. The average Bonchev–Trinajstić information content (AvgIpc) is 2.26. The zero-order valence-electron chi connectivity index (χ0n) is 14.4. The second-order valence-electron chi connectivity index (χ2n) is 6.18. The van der Waals surface area contributed by atoms with Gasteiger partial charge in [0.25, 0.3) is 0 Å². The van der Waals surface area contributed by atoms with Gasteiger partial charge in [0.2, 0.25) is 0 Å². The van der Waals surface area contributed by atoms with Crippen LogP contribution in [0, 0.1) is 5.92 Å². The first kappa shape index (κ1) is 21.7. The van der Waals surface area contributed by atoms with Crippen LogP contribution in [-0.4, -0.2) is 36.0 Å². The number of carbonyl (C=O) groups is 1. The van der Waals surface area contributed by atoms with Crippen LogP contribution in [0.4, 0.5) is 0 Å². The fourth-order valence-electron chi connectivity index (χ4n) is 1.49. The van der Waals surface area contributed by atoms with Gasteiger partial charge < -0.3 is 14.6 Å². The van der Waals surface area contributed by atoms with Gasteiger partial charge in [0.05, 0.1) is 12.7 Å². The van der Waals surface area contributed by atoms with Gasteiger partial charge in [0.15, 0.2) is 0 Å². The van der Waals surface area contributed by atoms with Gasteiger partial charge in [-0.2, -0.15) is 0 Å². The van der Waals surface area contributed by atoms with Crippen LogP contribution in [0.5, 0.6) is 0 Å². The van der Waals surface area contributed by atoms with Crippen LogP contribution in [0.25, 0.3) is 0 Å². The number of aliphatic hydroxyl groups excluding tert-OH is 1. The molecule has 0 rings (SSSR count). The molecule has 0 aromatic carbocycles. The molecule has 0 aliphatic carbocycles. The van der Waals surface area contributed by atoms with E-state index in [1.807, 2.05) is 20.8 Å². The summed E-state index contributed by atoms with van der Waals surface area (Å²) in [6.07, 6.45) is 2.74. The van der Waals surface area contributed by atoms with Crippen molar-refractivity contribution in [1.82, 2.24) is 0 Å². The van der Waals surface area contributed by atoms with E-state index in [2.05, 4.69) is 20.8 Å². The van der Waals surface area contributed by atoms with Gasteiger partial charge in [-0.3, -0.25) is 4.79 Å². The molecule has 2 unspecified atom stereocenters. The summed E-state index contributed by atoms with van der Waals surface area (Å²) in [6.45, 7) is 14.6. The summed E-state index contributed by atoms with van der Waals surface area (Å²) in [5, 5.41) is 9.45. The molecule has 0 aliphatic heterocycles. The third kappa shape index (κ3) is 19.7. The predicted molar refractivity (Wildman–Crippen MR) is 82.7 cm³/mol. The van der Waals surface area contributed by atoms with E-state index in [1.54, 1.807) is 0 Å². The van der Waals surface area contributed by atoms with Crippen LogP contribution in [-0.2, 0) is 14.3 Å². The van der Waals surface area contributed by atoms with Crippen molar-refractivity contribution in [3.63, 3.8) is 0 Å². The van der Waals surface area contributed by atoms with Crippen LogP contribution >= 0.6 is 0 Å². The van der Waals surface area contributed by atoms with E-state index in [1.165, 1.54) is 6.92 Å². The monoisotopic (exact) mass is 290 g/mol. The average molecular weight is 290 g/mol. The molecular weight excluding hydrogens is 256 g/mol. The van der Waals surface area contributed by atoms with Gasteiger partial charge in [-0.25, -0.2) is 0 Å². The van der Waals surface area contributed by atoms with Gasteiger partial charge in [-0.1, -0.05) is 27.2 Å². The largest absolute Gasteiger partial charge is 0.460 e. The van der Waals surface area contributed by atoms with E-state index >= 15 is 0 Å². The fraction of sp³-hybridized carbons (Fsp3) is 0.938. The SMILES string of the molecule is CC(=O)OC(C)(C)C.CCCOCC(O)CC(C)CC. The molecule has 0 aliphatic rings. The molecule has 0 heterocycles. The Hall–Kier alpha value is -0.610. The van der Waals surface area contributed by atoms with Crippen molar-refractivity contribution in [3.05, 3.63) is 0 Å². The maximum Gasteiger partial charge on any atom is 0.303 e. The van der Waals surface area contributed by atoms with Gasteiger partial charge in [-0.05, 0) is 39.5 Å². The van der Waals surface area contributed by atoms with E-state index in [0.29, 0.717) is 12.5 Å². The van der Waals surface area contributed by atoms with Crippen molar-refractivity contribution < 1.29 is 19.4 Å². The Morgan fingerprint density at radius 2 is 1.80 bits per heavy atom. The highest BCUT2D eigenvalue weighted by Gasteiger charge is 2.11. The Balaban J connectivity index is 0. The Kier molecular flexibility index (Phi) is 13.2. The second kappa shape index (κ2) is 12.2. The zero-order valence-corrected chi connectivity index (χ0v) is 14.4. The van der Waals surface area contributed by atoms with E-state index in [4.69, 9.17) is 9.47 Å². The van der Waals surface area contributed by atoms with E-state index in [9.17, 15) is 9.90 Å². The maximum atomic E-state index is 10.2. The highest BCUT2D eigenvalue weighted by atomic mass is 16.6. The quantitative estimate of drug-likeness (QED) is 0.575. The second-order valence-corrected chi connectivity index (χ2v) is 6.18. The summed E-state index contributed by atoms with van der Waals surface area (Å²) in [7, 11) is 0. The molecular formula is C16H34O4. The minimum atomic E-state index is -0.328. The molecule has 4 nitrogen and oxygen atoms in total. The van der Waals surface area contributed by atoms with Crippen LogP contribution in [0.3, 0.4) is 0 Å². The summed E-state index contributed by atoms with van der Waals surface area (Å²) >= 11 is 0. The fourth-order valence-corrected chi connectivity index (χ4v) is 1.49. The summed E-state index contributed by atoms with van der Waals surface area (Å²) in [5.41, 5.74) is -0.328. The summed E-state index contributed by atoms with van der Waals surface area (Å²) in [5.74, 6) is 0.378. The van der Waals surface area contributed by atoms with Gasteiger partial charge in [-0.15, -0.1) is 0 Å². The summed E-state index contributed by atoms with van der Waals surface area (Å²) in [4.78, 5) is 10.2. The highest BCUT2D eigenvalue weighted by molar-refractivity contribution is 5.66. The topological polar surface area (TPSA) is 55.8 Å². The Labute approximate surface area is 124 Å². The predicted octanol–water partition coefficient (Wildman–Crippen LogP) is 3.56. The van der Waals surface area contributed by atoms with E-state index < -0.39 is 0 Å². The highest BCUT2D eigenvalue weighted by Crippen LogP contribution is 2.09. The molecule has 122 valence electrons. The first-order valence-electron chi connectivity index (χ1n) is 7.57. The lowest BCUT2D eigenvalue weighted by molar-refractivity contribution is -0.151. The lowest BCUT2D eigenvalue weighted by atomic mass is 10.0. The number of hydrogen-bond acceptors (Lipinski definition) is 4. The zero-order chi connectivity index (χ0) is 16.2. The standard InChI is InChI=1S/C10H22O2.C6H12O2/c1-4-6-12-8-10(11)7-9(3)5-2;1-5(7)8-6(2,3)4/h9-11H,4-8H2,1-3H3;1-4H3. The smallest absolute Gasteiger partial charge is 0.303 e. The lowest BCUT2D eigenvalue weighted by Gasteiger charge is -2.17. The molecule has 0 amide bonds. The van der Waals surface area contributed by atoms with Gasteiger partial charge in [0, 0.05) is 13.5 Å². The summed E-state index contributed by atoms with van der Waals surface area (Å²) in [6, 6.07) is 0. The lowest BCUT2D eigenvalue weighted by Crippen LogP contribution is -2.21. The Morgan fingerprint density at radius 1 is 1.25 bits per heavy atom. The summed E-state index contributed by atoms with van der Waals surface area (Å²) < 4.78 is 10.0. The van der Waals surface area contributed by atoms with Crippen LogP contribution in [0.15, 0.2) is 0 Å². The third-order valence-electron chi connectivity index (χ3n) is 2.48. The van der Waals surface area contributed by atoms with Crippen molar-refractivity contribution in [2.45, 2.75) is 79.4 Å². The van der Waals surface area contributed by atoms with Crippen molar-refractivity contribution in [2.75, 3.05) is 13.2 Å². The number of aliphatic hydroxyl groups is 1. The van der Waals surface area contributed by atoms with Crippen molar-refractivity contribution in [2.24, 2.45) is 5.92 Å². The number of ether oxygens (including phenoxy) is 2. The number of carbonyl (C=O) groups excluding carboxylic acids is 1. The molecule has 2 atom stereocenters. The minimum absolute atomic E-state index is 0.225. The van der Waals surface area contributed by atoms with Crippen molar-refractivity contribution in [1.29, 1.82) is 0 Å². The molecule has 0 aromatic heterocycles. The Bertz CT molecular complexity index is 233. The number of hydrogen-bond donors (Lipinski definition) is 1. The molecule has 0 radical (unpaired) electrons. The molecule has 4 heteroatoms. The maximum absolute atomic E-state index is 10.2. The number of rotatable bonds is 7. The first-order chi connectivity index (χ1) is 9.12. The van der Waals surface area contributed by atoms with Crippen LogP contribution < -0.4 is 0 Å². The minimum Gasteiger partial charge on any atom is -0.460 e. The van der Waals surface area contributed by atoms with E-state index in [0.717, 1.165) is 25.9 Å². The molecule has 0 fully saturated rings. The van der Waals surface area contributed by atoms with Gasteiger partial charge >= 0.3 is 5.97 Å². The van der Waals surface area contributed by atoms with E-state index in [-0.39, 0.29) is 17.7 Å². The molecule has 0 spiro atoms. The van der Waals surface area contributed by atoms with Gasteiger partial charge in [0.1, 0.15) is 5.60 Å². The molecule has 0 saturated heterocycles.